The summed E-state index contributed by atoms with van der Waals surface area (Å²) in [5, 5.41) is 0. The highest BCUT2D eigenvalue weighted by Crippen LogP contribution is 2.29. The monoisotopic (exact) mass is 367 g/mol. The SMILES string of the molecule is C#CC(C#C)(CCNS(=O)(=O)c1ccc(C)cc1)c1cccc(OC)c1. The second-order valence-corrected chi connectivity index (χ2v) is 7.65. The molecule has 0 atom stereocenters. The number of benzene rings is 2. The molecule has 0 amide bonds. The first-order valence-corrected chi connectivity index (χ1v) is 9.51. The lowest BCUT2D eigenvalue weighted by atomic mass is 9.79. The molecule has 0 saturated heterocycles. The van der Waals surface area contributed by atoms with Crippen molar-refractivity contribution in [2.75, 3.05) is 13.7 Å². The molecule has 0 aromatic heterocycles. The molecule has 1 N–H and O–H groups in total. The van der Waals surface area contributed by atoms with Gasteiger partial charge in [0.15, 0.2) is 0 Å². The van der Waals surface area contributed by atoms with Crippen molar-refractivity contribution in [1.29, 1.82) is 0 Å². The van der Waals surface area contributed by atoms with Crippen molar-refractivity contribution in [2.45, 2.75) is 23.7 Å². The summed E-state index contributed by atoms with van der Waals surface area (Å²) in [5.41, 5.74) is 0.682. The number of hydrogen-bond acceptors (Lipinski definition) is 3. The number of sulfonamides is 1. The lowest BCUT2D eigenvalue weighted by molar-refractivity contribution is 0.413. The van der Waals surface area contributed by atoms with Crippen molar-refractivity contribution < 1.29 is 13.2 Å². The topological polar surface area (TPSA) is 55.4 Å². The summed E-state index contributed by atoms with van der Waals surface area (Å²) in [5.74, 6) is 5.92. The maximum atomic E-state index is 12.4. The Kier molecular flexibility index (Phi) is 6.10. The Bertz CT molecular complexity index is 934. The molecule has 26 heavy (non-hydrogen) atoms. The minimum atomic E-state index is -3.62. The van der Waals surface area contributed by atoms with Crippen molar-refractivity contribution in [3.05, 3.63) is 59.7 Å². The lowest BCUT2D eigenvalue weighted by Gasteiger charge is -2.23. The summed E-state index contributed by atoms with van der Waals surface area (Å²) >= 11 is 0. The van der Waals surface area contributed by atoms with Crippen LogP contribution in [0, 0.1) is 31.6 Å². The molecule has 2 aromatic rings. The Morgan fingerprint density at radius 1 is 1.12 bits per heavy atom. The van der Waals surface area contributed by atoms with Gasteiger partial charge >= 0.3 is 0 Å². The van der Waals surface area contributed by atoms with Gasteiger partial charge in [-0.3, -0.25) is 0 Å². The molecule has 0 heterocycles. The number of methoxy groups -OCH3 is 1. The lowest BCUT2D eigenvalue weighted by Crippen LogP contribution is -2.31. The number of aryl methyl sites for hydroxylation is 1. The minimum Gasteiger partial charge on any atom is -0.497 e. The summed E-state index contributed by atoms with van der Waals surface area (Å²) < 4.78 is 32.6. The molecule has 5 heteroatoms. The van der Waals surface area contributed by atoms with Crippen molar-refractivity contribution >= 4 is 10.0 Å². The molecule has 0 unspecified atom stereocenters. The van der Waals surface area contributed by atoms with E-state index in [9.17, 15) is 8.42 Å². The number of terminal acetylenes is 2. The molecule has 0 saturated carbocycles. The fraction of sp³-hybridized carbons (Fsp3) is 0.238. The van der Waals surface area contributed by atoms with Gasteiger partial charge in [0.25, 0.3) is 0 Å². The average molecular weight is 367 g/mol. The smallest absolute Gasteiger partial charge is 0.240 e. The zero-order chi connectivity index (χ0) is 19.2. The first-order valence-electron chi connectivity index (χ1n) is 8.03. The molecule has 0 aliphatic heterocycles. The van der Waals surface area contributed by atoms with Gasteiger partial charge in [-0.05, 0) is 43.2 Å². The zero-order valence-corrected chi connectivity index (χ0v) is 15.6. The number of nitrogens with one attached hydrogen (secondary N) is 1. The van der Waals surface area contributed by atoms with Crippen molar-refractivity contribution in [3.8, 4) is 30.4 Å². The molecule has 2 rings (SSSR count). The van der Waals surface area contributed by atoms with E-state index in [0.29, 0.717) is 5.75 Å². The van der Waals surface area contributed by atoms with E-state index in [1.54, 1.807) is 49.6 Å². The van der Waals surface area contributed by atoms with Crippen LogP contribution in [-0.2, 0) is 15.4 Å². The van der Waals surface area contributed by atoms with Crippen molar-refractivity contribution in [2.24, 2.45) is 0 Å². The van der Waals surface area contributed by atoms with E-state index in [-0.39, 0.29) is 17.9 Å². The largest absolute Gasteiger partial charge is 0.497 e. The van der Waals surface area contributed by atoms with Gasteiger partial charge in [0.1, 0.15) is 11.2 Å². The molecule has 4 nitrogen and oxygen atoms in total. The standard InChI is InChI=1S/C21H21NO3S/c1-5-21(6-2,18-8-7-9-19(16-18)25-4)14-15-22-26(23,24)20-12-10-17(3)11-13-20/h1-2,7-13,16,22H,14-15H2,3-4H3. The van der Waals surface area contributed by atoms with Crippen LogP contribution in [0.5, 0.6) is 5.75 Å². The van der Waals surface area contributed by atoms with E-state index >= 15 is 0 Å². The molecular formula is C21H21NO3S. The van der Waals surface area contributed by atoms with E-state index in [1.165, 1.54) is 0 Å². The fourth-order valence-corrected chi connectivity index (χ4v) is 3.59. The Balaban J connectivity index is 2.18. The Morgan fingerprint density at radius 2 is 1.77 bits per heavy atom. The molecule has 0 aliphatic carbocycles. The van der Waals surface area contributed by atoms with E-state index in [1.807, 2.05) is 13.0 Å². The van der Waals surface area contributed by atoms with E-state index in [2.05, 4.69) is 16.6 Å². The van der Waals surface area contributed by atoms with Crippen LogP contribution < -0.4 is 9.46 Å². The van der Waals surface area contributed by atoms with E-state index in [0.717, 1.165) is 11.1 Å². The predicted molar refractivity (Wildman–Crippen MR) is 103 cm³/mol. The van der Waals surface area contributed by atoms with Gasteiger partial charge in [-0.2, -0.15) is 0 Å². The third-order valence-corrected chi connectivity index (χ3v) is 5.66. The summed E-state index contributed by atoms with van der Waals surface area (Å²) in [6.45, 7) is 2.01. The van der Waals surface area contributed by atoms with Gasteiger partial charge in [-0.25, -0.2) is 13.1 Å². The zero-order valence-electron chi connectivity index (χ0n) is 14.8. The summed E-state index contributed by atoms with van der Waals surface area (Å²) in [6.07, 6.45) is 11.7. The van der Waals surface area contributed by atoms with Crippen LogP contribution in [0.2, 0.25) is 0 Å². The third-order valence-electron chi connectivity index (χ3n) is 4.18. The summed E-state index contributed by atoms with van der Waals surface area (Å²) in [4.78, 5) is 0.205. The highest BCUT2D eigenvalue weighted by Gasteiger charge is 2.28. The van der Waals surface area contributed by atoms with Gasteiger partial charge in [0.05, 0.1) is 12.0 Å². The molecule has 0 aliphatic rings. The molecule has 0 spiro atoms. The Hall–Kier alpha value is -2.73. The fourth-order valence-electron chi connectivity index (χ4n) is 2.56. The predicted octanol–water partition coefficient (Wildman–Crippen LogP) is 2.88. The first-order chi connectivity index (χ1) is 12.4. The maximum Gasteiger partial charge on any atom is 0.240 e. The van der Waals surface area contributed by atoms with Crippen LogP contribution in [0.4, 0.5) is 0 Å². The maximum absolute atomic E-state index is 12.4. The minimum absolute atomic E-state index is 0.113. The first kappa shape index (κ1) is 19.6. The van der Waals surface area contributed by atoms with Crippen LogP contribution in [-0.4, -0.2) is 22.1 Å². The molecule has 0 bridgehead atoms. The molecule has 0 fully saturated rings. The highest BCUT2D eigenvalue weighted by atomic mass is 32.2. The van der Waals surface area contributed by atoms with Crippen molar-refractivity contribution in [1.82, 2.24) is 4.72 Å². The molecular weight excluding hydrogens is 346 g/mol. The van der Waals surface area contributed by atoms with Gasteiger partial charge in [-0.1, -0.05) is 41.7 Å². The second-order valence-electron chi connectivity index (χ2n) is 5.89. The van der Waals surface area contributed by atoms with Crippen LogP contribution >= 0.6 is 0 Å². The Morgan fingerprint density at radius 3 is 2.35 bits per heavy atom. The van der Waals surface area contributed by atoms with E-state index in [4.69, 9.17) is 17.6 Å². The number of rotatable bonds is 7. The van der Waals surface area contributed by atoms with Gasteiger partial charge in [0.2, 0.25) is 10.0 Å². The quantitative estimate of drug-likeness (QED) is 0.766. The van der Waals surface area contributed by atoms with Crippen molar-refractivity contribution in [3.63, 3.8) is 0 Å². The van der Waals surface area contributed by atoms with Gasteiger partial charge < -0.3 is 4.74 Å². The highest BCUT2D eigenvalue weighted by molar-refractivity contribution is 7.89. The van der Waals surface area contributed by atoms with Gasteiger partial charge in [0, 0.05) is 6.54 Å². The average Bonchev–Trinajstić information content (AvgIpc) is 2.66. The molecule has 2 aromatic carbocycles. The summed E-state index contributed by atoms with van der Waals surface area (Å²) in [7, 11) is -2.07. The second kappa shape index (κ2) is 8.10. The van der Waals surface area contributed by atoms with Crippen LogP contribution in [0.1, 0.15) is 17.5 Å². The number of ether oxygens (including phenoxy) is 1. The molecule has 0 radical (unpaired) electrons. The van der Waals surface area contributed by atoms with Crippen LogP contribution in [0.15, 0.2) is 53.4 Å². The van der Waals surface area contributed by atoms with Crippen LogP contribution in [0.3, 0.4) is 0 Å². The third kappa shape index (κ3) is 4.26. The molecule has 134 valence electrons. The Labute approximate surface area is 155 Å². The normalized spacial score (nSPS) is 11.4. The van der Waals surface area contributed by atoms with Gasteiger partial charge in [-0.15, -0.1) is 12.8 Å². The van der Waals surface area contributed by atoms with Crippen LogP contribution in [0.25, 0.3) is 0 Å². The van der Waals surface area contributed by atoms with E-state index < -0.39 is 15.4 Å². The number of hydrogen-bond donors (Lipinski definition) is 1. The summed E-state index contributed by atoms with van der Waals surface area (Å²) in [6, 6.07) is 13.8.